The van der Waals surface area contributed by atoms with Crippen LogP contribution in [0.4, 0.5) is 0 Å². The number of hydrogen-bond acceptors (Lipinski definition) is 2. The lowest BCUT2D eigenvalue weighted by atomic mass is 10.1. The van der Waals surface area contributed by atoms with Gasteiger partial charge >= 0.3 is 0 Å². The molecule has 2 heteroatoms. The van der Waals surface area contributed by atoms with Crippen LogP contribution < -0.4 is 5.32 Å². The molecule has 2 unspecified atom stereocenters. The van der Waals surface area contributed by atoms with Crippen LogP contribution in [0.2, 0.25) is 0 Å². The van der Waals surface area contributed by atoms with E-state index in [4.69, 9.17) is 0 Å². The molecular formula is C15H22N2. The summed E-state index contributed by atoms with van der Waals surface area (Å²) in [6.07, 6.45) is 3.99. The Bertz CT molecular complexity index is 398. The van der Waals surface area contributed by atoms with Crippen molar-refractivity contribution in [1.29, 1.82) is 0 Å². The largest absolute Gasteiger partial charge is 0.309 e. The third kappa shape index (κ3) is 2.00. The van der Waals surface area contributed by atoms with Crippen molar-refractivity contribution in [2.45, 2.75) is 44.3 Å². The van der Waals surface area contributed by atoms with Gasteiger partial charge in [0.2, 0.25) is 0 Å². The number of nitrogens with zero attached hydrogens (tertiary/aromatic N) is 1. The number of benzene rings is 1. The predicted octanol–water partition coefficient (Wildman–Crippen LogP) is 2.36. The molecule has 0 amide bonds. The minimum atomic E-state index is 0.529. The fourth-order valence-corrected chi connectivity index (χ4v) is 3.17. The highest BCUT2D eigenvalue weighted by atomic mass is 15.2. The molecule has 17 heavy (non-hydrogen) atoms. The molecule has 0 aromatic heterocycles. The van der Waals surface area contributed by atoms with Crippen LogP contribution in [0.3, 0.4) is 0 Å². The van der Waals surface area contributed by atoms with Crippen LogP contribution in [0.25, 0.3) is 0 Å². The minimum absolute atomic E-state index is 0.529. The Hall–Kier alpha value is -0.860. The van der Waals surface area contributed by atoms with Gasteiger partial charge in [0.25, 0.3) is 0 Å². The van der Waals surface area contributed by atoms with E-state index in [1.165, 1.54) is 30.4 Å². The van der Waals surface area contributed by atoms with Gasteiger partial charge in [-0.1, -0.05) is 31.2 Å². The first kappa shape index (κ1) is 11.2. The quantitative estimate of drug-likeness (QED) is 0.854. The highest BCUT2D eigenvalue weighted by Gasteiger charge is 2.39. The number of rotatable bonds is 4. The summed E-state index contributed by atoms with van der Waals surface area (Å²) in [6.45, 7) is 3.25. The van der Waals surface area contributed by atoms with Crippen molar-refractivity contribution in [1.82, 2.24) is 10.2 Å². The molecule has 1 saturated carbocycles. The Labute approximate surface area is 104 Å². The molecule has 2 atom stereocenters. The third-order valence-electron chi connectivity index (χ3n) is 4.27. The van der Waals surface area contributed by atoms with Gasteiger partial charge in [0.15, 0.2) is 0 Å². The van der Waals surface area contributed by atoms with E-state index in [1.807, 2.05) is 0 Å². The van der Waals surface area contributed by atoms with Crippen molar-refractivity contribution < 1.29 is 0 Å². The standard InChI is InChI=1S/C15H22N2/c1-3-16-15-13-7-5-4-6-11(13)10-14(15)17(2)12-8-9-12/h4-7,12,14-16H,3,8-10H2,1-2H3. The summed E-state index contributed by atoms with van der Waals surface area (Å²) in [5, 5.41) is 3.67. The van der Waals surface area contributed by atoms with E-state index in [9.17, 15) is 0 Å². The molecule has 2 aliphatic rings. The van der Waals surface area contributed by atoms with Crippen LogP contribution in [0.15, 0.2) is 24.3 Å². The maximum Gasteiger partial charge on any atom is 0.0484 e. The van der Waals surface area contributed by atoms with E-state index in [0.29, 0.717) is 12.1 Å². The van der Waals surface area contributed by atoms with Gasteiger partial charge in [-0.15, -0.1) is 0 Å². The first-order chi connectivity index (χ1) is 8.31. The van der Waals surface area contributed by atoms with Crippen molar-refractivity contribution in [3.63, 3.8) is 0 Å². The molecule has 0 aliphatic heterocycles. The van der Waals surface area contributed by atoms with Crippen LogP contribution in [-0.4, -0.2) is 30.6 Å². The fourth-order valence-electron chi connectivity index (χ4n) is 3.17. The second-order valence-corrected chi connectivity index (χ2v) is 5.40. The Balaban J connectivity index is 1.86. The van der Waals surface area contributed by atoms with Crippen molar-refractivity contribution in [2.24, 2.45) is 0 Å². The van der Waals surface area contributed by atoms with Crippen molar-refractivity contribution in [3.05, 3.63) is 35.4 Å². The summed E-state index contributed by atoms with van der Waals surface area (Å²) in [7, 11) is 2.30. The molecule has 0 radical (unpaired) electrons. The zero-order valence-electron chi connectivity index (χ0n) is 10.8. The molecule has 1 N–H and O–H groups in total. The fraction of sp³-hybridized carbons (Fsp3) is 0.600. The zero-order chi connectivity index (χ0) is 11.8. The van der Waals surface area contributed by atoms with E-state index in [0.717, 1.165) is 12.6 Å². The number of hydrogen-bond donors (Lipinski definition) is 1. The summed E-state index contributed by atoms with van der Waals surface area (Å²) in [4.78, 5) is 2.60. The lowest BCUT2D eigenvalue weighted by molar-refractivity contribution is 0.196. The maximum absolute atomic E-state index is 3.67. The van der Waals surface area contributed by atoms with Gasteiger partial charge in [-0.2, -0.15) is 0 Å². The van der Waals surface area contributed by atoms with Gasteiger partial charge in [-0.25, -0.2) is 0 Å². The lowest BCUT2D eigenvalue weighted by Crippen LogP contribution is -2.41. The van der Waals surface area contributed by atoms with Gasteiger partial charge in [-0.3, -0.25) is 4.90 Å². The molecule has 0 saturated heterocycles. The van der Waals surface area contributed by atoms with Crippen molar-refractivity contribution in [2.75, 3.05) is 13.6 Å². The maximum atomic E-state index is 3.67. The second-order valence-electron chi connectivity index (χ2n) is 5.40. The first-order valence-electron chi connectivity index (χ1n) is 6.84. The SMILES string of the molecule is CCNC1c2ccccc2CC1N(C)C1CC1. The van der Waals surface area contributed by atoms with E-state index >= 15 is 0 Å². The van der Waals surface area contributed by atoms with Crippen molar-refractivity contribution >= 4 is 0 Å². The van der Waals surface area contributed by atoms with E-state index < -0.39 is 0 Å². The van der Waals surface area contributed by atoms with Crippen molar-refractivity contribution in [3.8, 4) is 0 Å². The van der Waals surface area contributed by atoms with Gasteiger partial charge in [-0.05, 0) is 44.0 Å². The van der Waals surface area contributed by atoms with Gasteiger partial charge in [0, 0.05) is 18.1 Å². The second kappa shape index (κ2) is 4.43. The molecule has 0 spiro atoms. The Morgan fingerprint density at radius 3 is 2.76 bits per heavy atom. The number of fused-ring (bicyclic) bond motifs is 1. The summed E-state index contributed by atoms with van der Waals surface area (Å²) < 4.78 is 0. The first-order valence-corrected chi connectivity index (χ1v) is 6.84. The molecule has 2 aliphatic carbocycles. The molecule has 1 aromatic carbocycles. The molecule has 92 valence electrons. The summed E-state index contributed by atoms with van der Waals surface area (Å²) >= 11 is 0. The molecule has 1 fully saturated rings. The van der Waals surface area contributed by atoms with Gasteiger partial charge in [0.05, 0.1) is 0 Å². The molecular weight excluding hydrogens is 208 g/mol. The van der Waals surface area contributed by atoms with E-state index in [1.54, 1.807) is 0 Å². The smallest absolute Gasteiger partial charge is 0.0484 e. The Morgan fingerprint density at radius 2 is 2.06 bits per heavy atom. The molecule has 2 nitrogen and oxygen atoms in total. The average molecular weight is 230 g/mol. The lowest BCUT2D eigenvalue weighted by Gasteiger charge is -2.30. The monoisotopic (exact) mass is 230 g/mol. The van der Waals surface area contributed by atoms with Gasteiger partial charge < -0.3 is 5.32 Å². The minimum Gasteiger partial charge on any atom is -0.309 e. The third-order valence-corrected chi connectivity index (χ3v) is 4.27. The average Bonchev–Trinajstić information content (AvgIpc) is 3.13. The van der Waals surface area contributed by atoms with Gasteiger partial charge in [0.1, 0.15) is 0 Å². The number of nitrogens with one attached hydrogen (secondary N) is 1. The van der Waals surface area contributed by atoms with Crippen LogP contribution in [0.1, 0.15) is 36.9 Å². The highest BCUT2D eigenvalue weighted by molar-refractivity contribution is 5.37. The topological polar surface area (TPSA) is 15.3 Å². The summed E-state index contributed by atoms with van der Waals surface area (Å²) in [6, 6.07) is 10.9. The number of likely N-dealkylation sites (N-methyl/N-ethyl adjacent to an activating group) is 2. The van der Waals surface area contributed by atoms with Crippen LogP contribution in [0, 0.1) is 0 Å². The van der Waals surface area contributed by atoms with E-state index in [-0.39, 0.29) is 0 Å². The Kier molecular flexibility index (Phi) is 2.93. The zero-order valence-corrected chi connectivity index (χ0v) is 10.8. The van der Waals surface area contributed by atoms with Crippen LogP contribution in [0.5, 0.6) is 0 Å². The molecule has 0 heterocycles. The Morgan fingerprint density at radius 1 is 1.29 bits per heavy atom. The summed E-state index contributed by atoms with van der Waals surface area (Å²) in [5.74, 6) is 0. The summed E-state index contributed by atoms with van der Waals surface area (Å²) in [5.41, 5.74) is 3.06. The van der Waals surface area contributed by atoms with E-state index in [2.05, 4.69) is 48.5 Å². The van der Waals surface area contributed by atoms with Crippen LogP contribution in [-0.2, 0) is 6.42 Å². The highest BCUT2D eigenvalue weighted by Crippen LogP contribution is 2.38. The van der Waals surface area contributed by atoms with Crippen LogP contribution >= 0.6 is 0 Å². The normalized spacial score (nSPS) is 27.5. The molecule has 0 bridgehead atoms. The molecule has 3 rings (SSSR count). The molecule has 1 aromatic rings. The predicted molar refractivity (Wildman–Crippen MR) is 71.1 cm³/mol.